The molecular weight excluding hydrogens is 328 g/mol. The third-order valence-corrected chi connectivity index (χ3v) is 4.63. The van der Waals surface area contributed by atoms with E-state index >= 15 is 0 Å². The lowest BCUT2D eigenvalue weighted by atomic mass is 10.2. The number of benzene rings is 2. The first-order valence-electron chi connectivity index (χ1n) is 7.41. The monoisotopic (exact) mass is 348 g/mol. The van der Waals surface area contributed by atoms with Crippen LogP contribution in [0.3, 0.4) is 0 Å². The first-order valence-corrected chi connectivity index (χ1v) is 8.89. The number of amides is 1. The molecule has 2 aromatic carbocycles. The summed E-state index contributed by atoms with van der Waals surface area (Å²) in [5.41, 5.74) is 0.868. The number of hydrogen-bond acceptors (Lipinski definition) is 4. The molecule has 0 saturated carbocycles. The number of nitrogens with zero attached hydrogens (tertiary/aromatic N) is 1. The first kappa shape index (κ1) is 17.8. The minimum atomic E-state index is -3.72. The molecule has 2 rings (SSSR count). The quantitative estimate of drug-likeness (QED) is 0.870. The van der Waals surface area contributed by atoms with Crippen molar-refractivity contribution >= 4 is 21.6 Å². The molecule has 0 heterocycles. The summed E-state index contributed by atoms with van der Waals surface area (Å²) in [7, 11) is -0.438. The summed E-state index contributed by atoms with van der Waals surface area (Å²) in [5, 5.41) is 0. The zero-order valence-electron chi connectivity index (χ0n) is 13.8. The van der Waals surface area contributed by atoms with Crippen molar-refractivity contribution in [3.05, 3.63) is 54.1 Å². The molecule has 0 bridgehead atoms. The van der Waals surface area contributed by atoms with Crippen molar-refractivity contribution in [2.75, 3.05) is 25.4 Å². The van der Waals surface area contributed by atoms with Gasteiger partial charge in [0.25, 0.3) is 15.9 Å². The molecule has 0 aliphatic rings. The van der Waals surface area contributed by atoms with Crippen LogP contribution in [0.4, 0.5) is 5.69 Å². The number of rotatable bonds is 6. The highest BCUT2D eigenvalue weighted by atomic mass is 32.2. The molecule has 0 spiro atoms. The SMILES string of the molecule is CCOc1ccc(NS(=O)(=O)c2ccc(C(=O)N(C)C)cc2)cc1. The lowest BCUT2D eigenvalue weighted by Gasteiger charge is -2.12. The Hall–Kier alpha value is -2.54. The van der Waals surface area contributed by atoms with E-state index in [1.807, 2.05) is 6.92 Å². The van der Waals surface area contributed by atoms with Crippen molar-refractivity contribution in [2.24, 2.45) is 0 Å². The molecule has 2 aromatic rings. The molecule has 0 aromatic heterocycles. The zero-order valence-corrected chi connectivity index (χ0v) is 14.6. The number of nitrogens with one attached hydrogen (secondary N) is 1. The Kier molecular flexibility index (Phi) is 5.46. The van der Waals surface area contributed by atoms with E-state index in [2.05, 4.69) is 4.72 Å². The fraction of sp³-hybridized carbons (Fsp3) is 0.235. The van der Waals surface area contributed by atoms with Crippen LogP contribution in [0.25, 0.3) is 0 Å². The van der Waals surface area contributed by atoms with Gasteiger partial charge in [0.1, 0.15) is 5.75 Å². The van der Waals surface area contributed by atoms with E-state index in [1.165, 1.54) is 29.2 Å². The van der Waals surface area contributed by atoms with Gasteiger partial charge in [-0.3, -0.25) is 9.52 Å². The summed E-state index contributed by atoms with van der Waals surface area (Å²) < 4.78 is 32.6. The number of sulfonamides is 1. The van der Waals surface area contributed by atoms with Gasteiger partial charge in [-0.2, -0.15) is 0 Å². The van der Waals surface area contributed by atoms with Gasteiger partial charge < -0.3 is 9.64 Å². The Morgan fingerprint density at radius 3 is 2.12 bits per heavy atom. The lowest BCUT2D eigenvalue weighted by Crippen LogP contribution is -2.21. The molecule has 128 valence electrons. The van der Waals surface area contributed by atoms with Crippen molar-refractivity contribution in [3.8, 4) is 5.75 Å². The van der Waals surface area contributed by atoms with E-state index in [-0.39, 0.29) is 10.8 Å². The fourth-order valence-corrected chi connectivity index (χ4v) is 3.09. The third-order valence-electron chi connectivity index (χ3n) is 3.24. The standard InChI is InChI=1S/C17H20N2O4S/c1-4-23-15-9-7-14(8-10-15)18-24(21,22)16-11-5-13(6-12-16)17(20)19(2)3/h5-12,18H,4H2,1-3H3. The lowest BCUT2D eigenvalue weighted by molar-refractivity contribution is 0.0827. The van der Waals surface area contributed by atoms with Gasteiger partial charge in [0.05, 0.1) is 11.5 Å². The Bertz CT molecular complexity index is 797. The Morgan fingerprint density at radius 1 is 1.04 bits per heavy atom. The maximum Gasteiger partial charge on any atom is 0.261 e. The van der Waals surface area contributed by atoms with Crippen LogP contribution in [0.2, 0.25) is 0 Å². The van der Waals surface area contributed by atoms with Crippen LogP contribution in [-0.2, 0) is 10.0 Å². The normalized spacial score (nSPS) is 11.0. The van der Waals surface area contributed by atoms with Gasteiger partial charge >= 0.3 is 0 Å². The molecular formula is C17H20N2O4S. The second-order valence-corrected chi connectivity index (χ2v) is 6.97. The third kappa shape index (κ3) is 4.26. The summed E-state index contributed by atoms with van der Waals surface area (Å²) in [4.78, 5) is 13.4. The van der Waals surface area contributed by atoms with Crippen LogP contribution >= 0.6 is 0 Å². The molecule has 6 nitrogen and oxygen atoms in total. The molecule has 24 heavy (non-hydrogen) atoms. The van der Waals surface area contributed by atoms with Gasteiger partial charge in [0.2, 0.25) is 0 Å². The van der Waals surface area contributed by atoms with Crippen LogP contribution in [-0.4, -0.2) is 39.9 Å². The van der Waals surface area contributed by atoms with E-state index in [9.17, 15) is 13.2 Å². The summed E-state index contributed by atoms with van der Waals surface area (Å²) >= 11 is 0. The van der Waals surface area contributed by atoms with Gasteiger partial charge in [-0.05, 0) is 55.5 Å². The summed E-state index contributed by atoms with van der Waals surface area (Å²) in [6, 6.07) is 12.5. The summed E-state index contributed by atoms with van der Waals surface area (Å²) in [5.74, 6) is 0.491. The molecule has 0 radical (unpaired) electrons. The zero-order chi connectivity index (χ0) is 17.7. The van der Waals surface area contributed by atoms with E-state index < -0.39 is 10.0 Å². The van der Waals surface area contributed by atoms with Crippen molar-refractivity contribution in [1.82, 2.24) is 4.90 Å². The maximum atomic E-state index is 12.4. The van der Waals surface area contributed by atoms with Crippen LogP contribution in [0.15, 0.2) is 53.4 Å². The van der Waals surface area contributed by atoms with Crippen LogP contribution in [0.5, 0.6) is 5.75 Å². The predicted octanol–water partition coefficient (Wildman–Crippen LogP) is 2.59. The number of carbonyl (C=O) groups excluding carboxylic acids is 1. The second-order valence-electron chi connectivity index (χ2n) is 5.29. The first-order chi connectivity index (χ1) is 11.3. The minimum Gasteiger partial charge on any atom is -0.494 e. The number of hydrogen-bond donors (Lipinski definition) is 1. The van der Waals surface area contributed by atoms with Gasteiger partial charge in [-0.1, -0.05) is 0 Å². The average molecular weight is 348 g/mol. The smallest absolute Gasteiger partial charge is 0.261 e. The van der Waals surface area contributed by atoms with Crippen molar-refractivity contribution in [2.45, 2.75) is 11.8 Å². The maximum absolute atomic E-state index is 12.4. The Morgan fingerprint density at radius 2 is 1.62 bits per heavy atom. The summed E-state index contributed by atoms with van der Waals surface area (Å²) in [6.07, 6.45) is 0. The van der Waals surface area contributed by atoms with Crippen LogP contribution in [0.1, 0.15) is 17.3 Å². The fourth-order valence-electron chi connectivity index (χ4n) is 2.03. The van der Waals surface area contributed by atoms with Crippen LogP contribution < -0.4 is 9.46 Å². The Labute approximate surface area is 142 Å². The highest BCUT2D eigenvalue weighted by Crippen LogP contribution is 2.20. The van der Waals surface area contributed by atoms with Crippen LogP contribution in [0, 0.1) is 0 Å². The Balaban J connectivity index is 2.16. The van der Waals surface area contributed by atoms with Crippen molar-refractivity contribution in [1.29, 1.82) is 0 Å². The van der Waals surface area contributed by atoms with E-state index in [0.29, 0.717) is 23.6 Å². The average Bonchev–Trinajstić information content (AvgIpc) is 2.56. The second kappa shape index (κ2) is 7.35. The largest absolute Gasteiger partial charge is 0.494 e. The summed E-state index contributed by atoms with van der Waals surface area (Å²) in [6.45, 7) is 2.42. The van der Waals surface area contributed by atoms with Gasteiger partial charge in [-0.25, -0.2) is 8.42 Å². The molecule has 0 saturated heterocycles. The van der Waals surface area contributed by atoms with E-state index in [4.69, 9.17) is 4.74 Å². The van der Waals surface area contributed by atoms with Gasteiger partial charge in [0.15, 0.2) is 0 Å². The highest BCUT2D eigenvalue weighted by molar-refractivity contribution is 7.92. The molecule has 0 aliphatic heterocycles. The molecule has 0 aliphatic carbocycles. The van der Waals surface area contributed by atoms with E-state index in [0.717, 1.165) is 0 Å². The molecule has 1 amide bonds. The molecule has 0 unspecified atom stereocenters. The predicted molar refractivity (Wildman–Crippen MR) is 92.9 cm³/mol. The molecule has 7 heteroatoms. The van der Waals surface area contributed by atoms with Gasteiger partial charge in [0, 0.05) is 25.3 Å². The van der Waals surface area contributed by atoms with Crippen molar-refractivity contribution in [3.63, 3.8) is 0 Å². The highest BCUT2D eigenvalue weighted by Gasteiger charge is 2.15. The molecule has 0 fully saturated rings. The molecule has 0 atom stereocenters. The van der Waals surface area contributed by atoms with Crippen molar-refractivity contribution < 1.29 is 17.9 Å². The minimum absolute atomic E-state index is 0.0895. The number of ether oxygens (including phenoxy) is 1. The topological polar surface area (TPSA) is 75.7 Å². The van der Waals surface area contributed by atoms with Gasteiger partial charge in [-0.15, -0.1) is 0 Å². The number of anilines is 1. The van der Waals surface area contributed by atoms with E-state index in [1.54, 1.807) is 38.4 Å². The number of carbonyl (C=O) groups is 1. The molecule has 1 N–H and O–H groups in total.